The van der Waals surface area contributed by atoms with Crippen molar-refractivity contribution < 1.29 is 4.79 Å². The molecule has 0 aromatic carbocycles. The van der Waals surface area contributed by atoms with E-state index in [1.807, 2.05) is 6.92 Å². The van der Waals surface area contributed by atoms with Gasteiger partial charge in [-0.05, 0) is 38.9 Å². The zero-order valence-electron chi connectivity index (χ0n) is 7.92. The predicted molar refractivity (Wildman–Crippen MR) is 48.6 cm³/mol. The van der Waals surface area contributed by atoms with E-state index in [1.165, 1.54) is 0 Å². The van der Waals surface area contributed by atoms with Crippen LogP contribution in [0.25, 0.3) is 0 Å². The monoisotopic (exact) mass is 170 g/mol. The van der Waals surface area contributed by atoms with Crippen LogP contribution in [0.2, 0.25) is 0 Å². The second kappa shape index (κ2) is 3.90. The van der Waals surface area contributed by atoms with Crippen molar-refractivity contribution in [2.24, 2.45) is 17.6 Å². The lowest BCUT2D eigenvalue weighted by atomic mass is 9.85. The number of piperidine rings is 1. The maximum Gasteiger partial charge on any atom is 0.220 e. The Morgan fingerprint density at radius 2 is 2.00 bits per heavy atom. The maximum absolute atomic E-state index is 10.9. The second-order valence-electron chi connectivity index (χ2n) is 3.83. The minimum atomic E-state index is -0.149. The van der Waals surface area contributed by atoms with Crippen LogP contribution in [0.5, 0.6) is 0 Å². The summed E-state index contributed by atoms with van der Waals surface area (Å²) < 4.78 is 0. The summed E-state index contributed by atoms with van der Waals surface area (Å²) >= 11 is 0. The minimum absolute atomic E-state index is 0.0544. The number of primary amides is 1. The number of hydrogen-bond acceptors (Lipinski definition) is 2. The molecule has 0 aromatic rings. The summed E-state index contributed by atoms with van der Waals surface area (Å²) in [4.78, 5) is 13.2. The molecule has 0 saturated carbocycles. The molecule has 3 nitrogen and oxygen atoms in total. The third-order valence-electron chi connectivity index (χ3n) is 2.92. The molecule has 12 heavy (non-hydrogen) atoms. The smallest absolute Gasteiger partial charge is 0.220 e. The van der Waals surface area contributed by atoms with Gasteiger partial charge in [0.25, 0.3) is 0 Å². The molecule has 0 bridgehead atoms. The highest BCUT2D eigenvalue weighted by atomic mass is 16.1. The molecule has 1 saturated heterocycles. The predicted octanol–water partition coefficient (Wildman–Crippen LogP) is 0.450. The summed E-state index contributed by atoms with van der Waals surface area (Å²) in [5.74, 6) is 0.418. The van der Waals surface area contributed by atoms with Gasteiger partial charge < -0.3 is 10.6 Å². The summed E-state index contributed by atoms with van der Waals surface area (Å²) in [6.07, 6.45) is 2.22. The number of nitrogens with two attached hydrogens (primary N) is 1. The van der Waals surface area contributed by atoms with Gasteiger partial charge in [-0.1, -0.05) is 6.92 Å². The summed E-state index contributed by atoms with van der Waals surface area (Å²) in [5, 5.41) is 0. The average Bonchev–Trinajstić information content (AvgIpc) is 2.04. The molecule has 1 aliphatic rings. The van der Waals surface area contributed by atoms with Gasteiger partial charge in [-0.3, -0.25) is 4.79 Å². The Labute approximate surface area is 73.9 Å². The van der Waals surface area contributed by atoms with Crippen LogP contribution in [0.3, 0.4) is 0 Å². The van der Waals surface area contributed by atoms with Crippen molar-refractivity contribution in [2.75, 3.05) is 20.1 Å². The average molecular weight is 170 g/mol. The first kappa shape index (κ1) is 9.52. The summed E-state index contributed by atoms with van der Waals surface area (Å²) in [7, 11) is 2.12. The van der Waals surface area contributed by atoms with E-state index in [0.29, 0.717) is 5.92 Å². The third kappa shape index (κ3) is 2.21. The zero-order chi connectivity index (χ0) is 9.14. The molecule has 3 heteroatoms. The van der Waals surface area contributed by atoms with Gasteiger partial charge in [-0.15, -0.1) is 0 Å². The number of carbonyl (C=O) groups excluding carboxylic acids is 1. The lowest BCUT2D eigenvalue weighted by Crippen LogP contribution is -2.36. The van der Waals surface area contributed by atoms with Gasteiger partial charge in [-0.2, -0.15) is 0 Å². The SMILES string of the molecule is C[C@@H](C(N)=O)C1CCN(C)CC1. The summed E-state index contributed by atoms with van der Waals surface area (Å²) in [5.41, 5.74) is 5.25. The number of nitrogens with zero attached hydrogens (tertiary/aromatic N) is 1. The van der Waals surface area contributed by atoms with Gasteiger partial charge in [-0.25, -0.2) is 0 Å². The van der Waals surface area contributed by atoms with Crippen molar-refractivity contribution in [1.82, 2.24) is 4.90 Å². The van der Waals surface area contributed by atoms with E-state index in [-0.39, 0.29) is 11.8 Å². The first-order valence-corrected chi connectivity index (χ1v) is 4.59. The van der Waals surface area contributed by atoms with E-state index in [1.54, 1.807) is 0 Å². The molecule has 0 aliphatic carbocycles. The van der Waals surface area contributed by atoms with Crippen LogP contribution < -0.4 is 5.73 Å². The van der Waals surface area contributed by atoms with Gasteiger partial charge in [0.2, 0.25) is 5.91 Å². The fourth-order valence-corrected chi connectivity index (χ4v) is 1.76. The van der Waals surface area contributed by atoms with E-state index in [9.17, 15) is 4.79 Å². The molecule has 1 aliphatic heterocycles. The Morgan fingerprint density at radius 3 is 2.42 bits per heavy atom. The van der Waals surface area contributed by atoms with Crippen LogP contribution in [-0.4, -0.2) is 30.9 Å². The minimum Gasteiger partial charge on any atom is -0.369 e. The summed E-state index contributed by atoms with van der Waals surface area (Å²) in [6, 6.07) is 0. The number of carbonyl (C=O) groups is 1. The first-order chi connectivity index (χ1) is 5.61. The Morgan fingerprint density at radius 1 is 1.50 bits per heavy atom. The van der Waals surface area contributed by atoms with Crippen molar-refractivity contribution in [2.45, 2.75) is 19.8 Å². The van der Waals surface area contributed by atoms with Gasteiger partial charge in [0.05, 0.1) is 0 Å². The molecule has 1 fully saturated rings. The molecule has 2 N–H and O–H groups in total. The van der Waals surface area contributed by atoms with Crippen LogP contribution in [0.4, 0.5) is 0 Å². The maximum atomic E-state index is 10.9. The Kier molecular flexibility index (Phi) is 3.09. The van der Waals surface area contributed by atoms with Gasteiger partial charge in [0, 0.05) is 5.92 Å². The molecule has 1 rings (SSSR count). The lowest BCUT2D eigenvalue weighted by molar-refractivity contribution is -0.123. The van der Waals surface area contributed by atoms with Crippen molar-refractivity contribution in [3.63, 3.8) is 0 Å². The standard InChI is InChI=1S/C9H18N2O/c1-7(9(10)12)8-3-5-11(2)6-4-8/h7-8H,3-6H2,1-2H3,(H2,10,12)/t7-/m1/s1. The van der Waals surface area contributed by atoms with Crippen LogP contribution in [0.15, 0.2) is 0 Å². The highest BCUT2D eigenvalue weighted by Gasteiger charge is 2.25. The quantitative estimate of drug-likeness (QED) is 0.654. The molecule has 0 radical (unpaired) electrons. The van der Waals surface area contributed by atoms with Gasteiger partial charge in [0.15, 0.2) is 0 Å². The fraction of sp³-hybridized carbons (Fsp3) is 0.889. The Hall–Kier alpha value is -0.570. The van der Waals surface area contributed by atoms with Crippen molar-refractivity contribution in [3.8, 4) is 0 Å². The Balaban J connectivity index is 2.39. The van der Waals surface area contributed by atoms with Crippen molar-refractivity contribution in [1.29, 1.82) is 0 Å². The zero-order valence-corrected chi connectivity index (χ0v) is 7.92. The Bertz CT molecular complexity index is 162. The van der Waals surface area contributed by atoms with Crippen molar-refractivity contribution >= 4 is 5.91 Å². The molecule has 1 atom stereocenters. The van der Waals surface area contributed by atoms with Crippen molar-refractivity contribution in [3.05, 3.63) is 0 Å². The topological polar surface area (TPSA) is 46.3 Å². The highest BCUT2D eigenvalue weighted by Crippen LogP contribution is 2.23. The molecular formula is C9H18N2O. The van der Waals surface area contributed by atoms with E-state index in [4.69, 9.17) is 5.73 Å². The second-order valence-corrected chi connectivity index (χ2v) is 3.83. The number of amides is 1. The number of hydrogen-bond donors (Lipinski definition) is 1. The number of rotatable bonds is 2. The van der Waals surface area contributed by atoms with Crippen LogP contribution in [-0.2, 0) is 4.79 Å². The lowest BCUT2D eigenvalue weighted by Gasteiger charge is -2.31. The molecule has 0 aromatic heterocycles. The largest absolute Gasteiger partial charge is 0.369 e. The summed E-state index contributed by atoms with van der Waals surface area (Å²) in [6.45, 7) is 4.14. The van der Waals surface area contributed by atoms with Gasteiger partial charge >= 0.3 is 0 Å². The van der Waals surface area contributed by atoms with Crippen LogP contribution in [0, 0.1) is 11.8 Å². The molecular weight excluding hydrogens is 152 g/mol. The van der Waals surface area contributed by atoms with E-state index in [0.717, 1.165) is 25.9 Å². The first-order valence-electron chi connectivity index (χ1n) is 4.59. The van der Waals surface area contributed by atoms with E-state index < -0.39 is 0 Å². The van der Waals surface area contributed by atoms with E-state index >= 15 is 0 Å². The highest BCUT2D eigenvalue weighted by molar-refractivity contribution is 5.76. The van der Waals surface area contributed by atoms with Gasteiger partial charge in [0.1, 0.15) is 0 Å². The number of likely N-dealkylation sites (tertiary alicyclic amines) is 1. The molecule has 0 unspecified atom stereocenters. The van der Waals surface area contributed by atoms with E-state index in [2.05, 4.69) is 11.9 Å². The molecule has 1 heterocycles. The van der Waals surface area contributed by atoms with Crippen LogP contribution in [0.1, 0.15) is 19.8 Å². The normalized spacial score (nSPS) is 23.8. The molecule has 70 valence electrons. The third-order valence-corrected chi connectivity index (χ3v) is 2.92. The van der Waals surface area contributed by atoms with Crippen LogP contribution >= 0.6 is 0 Å². The molecule has 1 amide bonds. The fourth-order valence-electron chi connectivity index (χ4n) is 1.76. The molecule has 0 spiro atoms.